The van der Waals surface area contributed by atoms with Gasteiger partial charge in [0.25, 0.3) is 5.56 Å². The molecule has 1 amide bonds. The van der Waals surface area contributed by atoms with Gasteiger partial charge >= 0.3 is 0 Å². The number of nitrogens with zero attached hydrogens (tertiary/aromatic N) is 3. The van der Waals surface area contributed by atoms with Gasteiger partial charge in [-0.2, -0.15) is 0 Å². The van der Waals surface area contributed by atoms with Crippen molar-refractivity contribution in [1.29, 1.82) is 0 Å². The van der Waals surface area contributed by atoms with Gasteiger partial charge in [0.2, 0.25) is 5.91 Å². The van der Waals surface area contributed by atoms with Crippen molar-refractivity contribution in [3.05, 3.63) is 70.8 Å². The summed E-state index contributed by atoms with van der Waals surface area (Å²) in [6.07, 6.45) is 4.60. The van der Waals surface area contributed by atoms with Crippen LogP contribution in [0.5, 0.6) is 0 Å². The van der Waals surface area contributed by atoms with Gasteiger partial charge < -0.3 is 5.32 Å². The molecule has 0 aliphatic heterocycles. The van der Waals surface area contributed by atoms with Crippen molar-refractivity contribution in [2.75, 3.05) is 0 Å². The highest BCUT2D eigenvalue weighted by Crippen LogP contribution is 2.10. The number of pyridine rings is 1. The second-order valence-corrected chi connectivity index (χ2v) is 5.41. The number of hydrogen-bond acceptors (Lipinski definition) is 4. The molecule has 0 saturated carbocycles. The minimum atomic E-state index is -0.520. The second-order valence-electron chi connectivity index (χ2n) is 5.41. The monoisotopic (exact) mass is 326 g/mol. The maximum absolute atomic E-state index is 13.3. The van der Waals surface area contributed by atoms with Crippen LogP contribution in [0.15, 0.2) is 53.8 Å². The van der Waals surface area contributed by atoms with Crippen LogP contribution in [0.25, 0.3) is 10.9 Å². The molecule has 0 radical (unpaired) electrons. The summed E-state index contributed by atoms with van der Waals surface area (Å²) in [4.78, 5) is 32.6. The number of aromatic nitrogens is 3. The number of amides is 1. The molecule has 0 bridgehead atoms. The highest BCUT2D eigenvalue weighted by Gasteiger charge is 2.12. The van der Waals surface area contributed by atoms with Crippen LogP contribution in [0.4, 0.5) is 4.39 Å². The normalized spacial score (nSPS) is 12.1. The van der Waals surface area contributed by atoms with Crippen molar-refractivity contribution < 1.29 is 9.18 Å². The van der Waals surface area contributed by atoms with E-state index in [1.165, 1.54) is 18.5 Å². The first-order valence-electron chi connectivity index (χ1n) is 7.38. The van der Waals surface area contributed by atoms with Gasteiger partial charge in [-0.05, 0) is 36.8 Å². The molecule has 1 aromatic carbocycles. The predicted octanol–water partition coefficient (Wildman–Crippen LogP) is 1.81. The third-order valence-electron chi connectivity index (χ3n) is 3.66. The van der Waals surface area contributed by atoms with Crippen LogP contribution in [0.3, 0.4) is 0 Å². The van der Waals surface area contributed by atoms with Crippen LogP contribution in [-0.2, 0) is 11.3 Å². The summed E-state index contributed by atoms with van der Waals surface area (Å²) in [6, 6.07) is 7.18. The molecule has 0 aliphatic carbocycles. The van der Waals surface area contributed by atoms with Crippen LogP contribution in [0, 0.1) is 5.82 Å². The fourth-order valence-electron chi connectivity index (χ4n) is 2.40. The lowest BCUT2D eigenvalue weighted by Crippen LogP contribution is -2.34. The van der Waals surface area contributed by atoms with E-state index >= 15 is 0 Å². The number of halogens is 1. The number of nitrogens with one attached hydrogen (secondary N) is 1. The Morgan fingerprint density at radius 2 is 2.21 bits per heavy atom. The first-order valence-corrected chi connectivity index (χ1v) is 7.38. The Labute approximate surface area is 137 Å². The largest absolute Gasteiger partial charge is 0.348 e. The van der Waals surface area contributed by atoms with Gasteiger partial charge in [0, 0.05) is 12.4 Å². The zero-order valence-corrected chi connectivity index (χ0v) is 12.9. The Kier molecular flexibility index (Phi) is 4.33. The Balaban J connectivity index is 1.78. The van der Waals surface area contributed by atoms with Crippen LogP contribution < -0.4 is 10.9 Å². The molecular weight excluding hydrogens is 311 g/mol. The smallest absolute Gasteiger partial charge is 0.261 e. The van der Waals surface area contributed by atoms with Gasteiger partial charge in [0.05, 0.1) is 23.3 Å². The number of rotatable bonds is 4. The molecule has 0 unspecified atom stereocenters. The third kappa shape index (κ3) is 3.29. The first-order chi connectivity index (χ1) is 11.5. The molecule has 0 spiro atoms. The van der Waals surface area contributed by atoms with E-state index in [1.54, 1.807) is 18.5 Å². The maximum Gasteiger partial charge on any atom is 0.261 e. The summed E-state index contributed by atoms with van der Waals surface area (Å²) in [5, 5.41) is 2.93. The minimum absolute atomic E-state index is 0.144. The highest BCUT2D eigenvalue weighted by molar-refractivity contribution is 5.79. The third-order valence-corrected chi connectivity index (χ3v) is 3.66. The lowest BCUT2D eigenvalue weighted by atomic mass is 10.1. The van der Waals surface area contributed by atoms with Crippen molar-refractivity contribution in [1.82, 2.24) is 19.9 Å². The standard InChI is InChI=1S/C17H15FN4O2/c1-11(12-3-2-6-19-8-12)21-16(23)9-22-10-20-15-5-4-13(18)7-14(15)17(22)24/h2-8,10-11H,9H2,1H3,(H,21,23)/t11-/m1/s1. The van der Waals surface area contributed by atoms with E-state index < -0.39 is 11.4 Å². The van der Waals surface area contributed by atoms with Gasteiger partial charge in [-0.1, -0.05) is 6.07 Å². The molecule has 0 fully saturated rings. The predicted molar refractivity (Wildman–Crippen MR) is 86.8 cm³/mol. The van der Waals surface area contributed by atoms with Gasteiger partial charge in [-0.15, -0.1) is 0 Å². The minimum Gasteiger partial charge on any atom is -0.348 e. The van der Waals surface area contributed by atoms with E-state index in [1.807, 2.05) is 13.0 Å². The number of carbonyl (C=O) groups excluding carboxylic acids is 1. The molecule has 1 atom stereocenters. The van der Waals surface area contributed by atoms with E-state index in [2.05, 4.69) is 15.3 Å². The fraction of sp³-hybridized carbons (Fsp3) is 0.176. The quantitative estimate of drug-likeness (QED) is 0.793. The topological polar surface area (TPSA) is 76.9 Å². The average Bonchev–Trinajstić information content (AvgIpc) is 2.58. The number of carbonyl (C=O) groups is 1. The molecule has 1 N–H and O–H groups in total. The SMILES string of the molecule is C[C@@H](NC(=O)Cn1cnc2ccc(F)cc2c1=O)c1cccnc1. The summed E-state index contributed by atoms with van der Waals surface area (Å²) in [7, 11) is 0. The molecular formula is C17H15FN4O2. The van der Waals surface area contributed by atoms with E-state index in [4.69, 9.17) is 0 Å². The van der Waals surface area contributed by atoms with Crippen LogP contribution >= 0.6 is 0 Å². The first kappa shape index (κ1) is 15.8. The number of hydrogen-bond donors (Lipinski definition) is 1. The molecule has 122 valence electrons. The summed E-state index contributed by atoms with van der Waals surface area (Å²) in [6.45, 7) is 1.63. The molecule has 7 heteroatoms. The Bertz CT molecular complexity index is 940. The zero-order valence-electron chi connectivity index (χ0n) is 12.9. The van der Waals surface area contributed by atoms with Gasteiger partial charge in [0.15, 0.2) is 0 Å². The Morgan fingerprint density at radius 1 is 1.38 bits per heavy atom. The highest BCUT2D eigenvalue weighted by atomic mass is 19.1. The van der Waals surface area contributed by atoms with Crippen LogP contribution in [0.1, 0.15) is 18.5 Å². The van der Waals surface area contributed by atoms with E-state index in [0.29, 0.717) is 5.52 Å². The molecule has 2 aromatic heterocycles. The van der Waals surface area contributed by atoms with Crippen molar-refractivity contribution >= 4 is 16.8 Å². The van der Waals surface area contributed by atoms with E-state index in [-0.39, 0.29) is 23.9 Å². The maximum atomic E-state index is 13.3. The summed E-state index contributed by atoms with van der Waals surface area (Å²) < 4.78 is 14.5. The van der Waals surface area contributed by atoms with Gasteiger partial charge in [-0.3, -0.25) is 19.1 Å². The summed E-state index contributed by atoms with van der Waals surface area (Å²) in [5.74, 6) is -0.861. The van der Waals surface area contributed by atoms with E-state index in [0.717, 1.165) is 16.2 Å². The second kappa shape index (κ2) is 6.57. The molecule has 3 rings (SSSR count). The van der Waals surface area contributed by atoms with Gasteiger partial charge in [0.1, 0.15) is 12.4 Å². The lowest BCUT2D eigenvalue weighted by Gasteiger charge is -2.14. The summed E-state index contributed by atoms with van der Waals surface area (Å²) in [5.41, 5.74) is 0.794. The van der Waals surface area contributed by atoms with Crippen LogP contribution in [0.2, 0.25) is 0 Å². The number of fused-ring (bicyclic) bond motifs is 1. The molecule has 0 aliphatic rings. The van der Waals surface area contributed by atoms with E-state index in [9.17, 15) is 14.0 Å². The zero-order chi connectivity index (χ0) is 17.1. The Morgan fingerprint density at radius 3 is 2.96 bits per heavy atom. The molecule has 0 saturated heterocycles. The van der Waals surface area contributed by atoms with Crippen molar-refractivity contribution in [2.45, 2.75) is 19.5 Å². The fourth-order valence-corrected chi connectivity index (χ4v) is 2.40. The number of benzene rings is 1. The molecule has 3 aromatic rings. The Hall–Kier alpha value is -3.09. The van der Waals surface area contributed by atoms with Crippen molar-refractivity contribution in [3.63, 3.8) is 0 Å². The molecule has 6 nitrogen and oxygen atoms in total. The van der Waals surface area contributed by atoms with Gasteiger partial charge in [-0.25, -0.2) is 9.37 Å². The van der Waals surface area contributed by atoms with Crippen molar-refractivity contribution in [2.24, 2.45) is 0 Å². The lowest BCUT2D eigenvalue weighted by molar-refractivity contribution is -0.122. The molecule has 24 heavy (non-hydrogen) atoms. The summed E-state index contributed by atoms with van der Waals surface area (Å²) >= 11 is 0. The molecule has 2 heterocycles. The average molecular weight is 326 g/mol. The van der Waals surface area contributed by atoms with Crippen molar-refractivity contribution in [3.8, 4) is 0 Å². The van der Waals surface area contributed by atoms with Crippen LogP contribution in [-0.4, -0.2) is 20.4 Å².